The third kappa shape index (κ3) is 3.42. The third-order valence-electron chi connectivity index (χ3n) is 3.49. The maximum atomic E-state index is 12.3. The van der Waals surface area contributed by atoms with Crippen LogP contribution < -0.4 is 5.32 Å². The summed E-state index contributed by atoms with van der Waals surface area (Å²) in [7, 11) is 3.98. The van der Waals surface area contributed by atoms with Crippen molar-refractivity contribution in [2.75, 3.05) is 39.0 Å². The lowest BCUT2D eigenvalue weighted by Crippen LogP contribution is -2.44. The first-order valence-electron chi connectivity index (χ1n) is 6.65. The molecular weight excluding hydrogens is 262 g/mol. The maximum absolute atomic E-state index is 12.3. The Labute approximate surface area is 117 Å². The Morgan fingerprint density at radius 2 is 2.16 bits per heavy atom. The zero-order valence-electron chi connectivity index (χ0n) is 11.7. The highest BCUT2D eigenvalue weighted by molar-refractivity contribution is 7.17. The Balaban J connectivity index is 1.97. The van der Waals surface area contributed by atoms with Crippen LogP contribution in [0.25, 0.3) is 0 Å². The highest BCUT2D eigenvalue weighted by atomic mass is 32.1. The Kier molecular flexibility index (Phi) is 4.71. The summed E-state index contributed by atoms with van der Waals surface area (Å²) in [4.78, 5) is 16.5. The van der Waals surface area contributed by atoms with Gasteiger partial charge in [-0.3, -0.25) is 4.79 Å². The van der Waals surface area contributed by atoms with E-state index in [0.717, 1.165) is 32.5 Å². The van der Waals surface area contributed by atoms with E-state index in [1.807, 2.05) is 18.9 Å². The van der Waals surface area contributed by atoms with Gasteiger partial charge < -0.3 is 15.1 Å². The molecule has 1 saturated heterocycles. The van der Waals surface area contributed by atoms with E-state index in [1.54, 1.807) is 0 Å². The van der Waals surface area contributed by atoms with Gasteiger partial charge >= 0.3 is 0 Å². The Hall–Kier alpha value is -1.21. The number of anilines is 1. The largest absolute Gasteiger partial charge is 0.360 e. The van der Waals surface area contributed by atoms with Crippen molar-refractivity contribution in [1.82, 2.24) is 20.0 Å². The number of nitrogens with zero attached hydrogens (tertiary/aromatic N) is 4. The van der Waals surface area contributed by atoms with E-state index in [-0.39, 0.29) is 5.91 Å². The maximum Gasteiger partial charge on any atom is 0.284 e. The van der Waals surface area contributed by atoms with Crippen molar-refractivity contribution in [1.29, 1.82) is 0 Å². The van der Waals surface area contributed by atoms with Gasteiger partial charge in [-0.05, 0) is 39.9 Å². The van der Waals surface area contributed by atoms with Crippen molar-refractivity contribution in [2.45, 2.75) is 25.8 Å². The molecule has 0 spiro atoms. The SMILES string of the molecule is CCNc1nnc(C(=O)N(C)C2CCN(C)CC2)s1. The Morgan fingerprint density at radius 3 is 2.79 bits per heavy atom. The molecule has 2 heterocycles. The molecule has 1 aliphatic heterocycles. The fraction of sp³-hybridized carbons (Fsp3) is 0.750. The molecule has 2 rings (SSSR count). The second-order valence-electron chi connectivity index (χ2n) is 4.89. The van der Waals surface area contributed by atoms with Gasteiger partial charge in [0.05, 0.1) is 0 Å². The molecule has 1 aliphatic rings. The van der Waals surface area contributed by atoms with E-state index in [4.69, 9.17) is 0 Å². The fourth-order valence-electron chi connectivity index (χ4n) is 2.23. The Bertz CT molecular complexity index is 428. The number of nitrogens with one attached hydrogen (secondary N) is 1. The summed E-state index contributed by atoms with van der Waals surface area (Å²) in [6.07, 6.45) is 2.05. The van der Waals surface area contributed by atoms with Crippen LogP contribution in [-0.4, -0.2) is 65.7 Å². The number of aromatic nitrogens is 2. The lowest BCUT2D eigenvalue weighted by molar-refractivity contribution is 0.0658. The van der Waals surface area contributed by atoms with Crippen LogP contribution in [0.1, 0.15) is 29.6 Å². The van der Waals surface area contributed by atoms with Crippen LogP contribution in [0.4, 0.5) is 5.13 Å². The fourth-order valence-corrected chi connectivity index (χ4v) is 3.03. The van der Waals surface area contributed by atoms with Gasteiger partial charge in [0.25, 0.3) is 5.91 Å². The van der Waals surface area contributed by atoms with Crippen molar-refractivity contribution < 1.29 is 4.79 Å². The lowest BCUT2D eigenvalue weighted by Gasteiger charge is -2.34. The number of likely N-dealkylation sites (tertiary alicyclic amines) is 1. The van der Waals surface area contributed by atoms with Crippen LogP contribution in [-0.2, 0) is 0 Å². The third-order valence-corrected chi connectivity index (χ3v) is 4.36. The zero-order valence-corrected chi connectivity index (χ0v) is 12.5. The molecule has 0 unspecified atom stereocenters. The molecule has 0 aliphatic carbocycles. The van der Waals surface area contributed by atoms with E-state index in [9.17, 15) is 4.79 Å². The van der Waals surface area contributed by atoms with Gasteiger partial charge in [0, 0.05) is 19.6 Å². The summed E-state index contributed by atoms with van der Waals surface area (Å²) in [6, 6.07) is 0.315. The molecule has 0 aromatic carbocycles. The quantitative estimate of drug-likeness (QED) is 0.898. The highest BCUT2D eigenvalue weighted by Gasteiger charge is 2.26. The summed E-state index contributed by atoms with van der Waals surface area (Å²) in [5.41, 5.74) is 0. The first-order valence-corrected chi connectivity index (χ1v) is 7.46. The molecule has 0 bridgehead atoms. The zero-order chi connectivity index (χ0) is 13.8. The molecule has 1 aromatic rings. The number of carbonyl (C=O) groups excluding carboxylic acids is 1. The first-order chi connectivity index (χ1) is 9.11. The molecule has 0 radical (unpaired) electrons. The smallest absolute Gasteiger partial charge is 0.284 e. The van der Waals surface area contributed by atoms with E-state index < -0.39 is 0 Å². The normalized spacial score (nSPS) is 17.4. The molecule has 19 heavy (non-hydrogen) atoms. The van der Waals surface area contributed by atoms with Crippen molar-refractivity contribution >= 4 is 22.4 Å². The monoisotopic (exact) mass is 283 g/mol. The van der Waals surface area contributed by atoms with Crippen molar-refractivity contribution in [2.24, 2.45) is 0 Å². The molecule has 1 fully saturated rings. The number of carbonyl (C=O) groups is 1. The van der Waals surface area contributed by atoms with Gasteiger partial charge in [-0.15, -0.1) is 10.2 Å². The number of piperidine rings is 1. The lowest BCUT2D eigenvalue weighted by atomic mass is 10.0. The molecule has 0 atom stereocenters. The van der Waals surface area contributed by atoms with E-state index in [0.29, 0.717) is 16.2 Å². The van der Waals surface area contributed by atoms with E-state index in [1.165, 1.54) is 11.3 Å². The van der Waals surface area contributed by atoms with Gasteiger partial charge in [-0.2, -0.15) is 0 Å². The second-order valence-corrected chi connectivity index (χ2v) is 5.87. The molecule has 1 aromatic heterocycles. The minimum Gasteiger partial charge on any atom is -0.360 e. The van der Waals surface area contributed by atoms with Crippen molar-refractivity contribution in [3.63, 3.8) is 0 Å². The van der Waals surface area contributed by atoms with Crippen LogP contribution in [0.3, 0.4) is 0 Å². The average molecular weight is 283 g/mol. The standard InChI is InChI=1S/C12H21N5OS/c1-4-13-12-15-14-10(19-12)11(18)17(3)9-5-7-16(2)8-6-9/h9H,4-8H2,1-3H3,(H,13,15). The van der Waals surface area contributed by atoms with Crippen LogP contribution >= 0.6 is 11.3 Å². The Morgan fingerprint density at radius 1 is 1.47 bits per heavy atom. The number of hydrogen-bond donors (Lipinski definition) is 1. The first kappa shape index (κ1) is 14.2. The van der Waals surface area contributed by atoms with Gasteiger partial charge in [0.1, 0.15) is 0 Å². The molecular formula is C12H21N5OS. The second kappa shape index (κ2) is 6.29. The van der Waals surface area contributed by atoms with Crippen LogP contribution in [0.2, 0.25) is 0 Å². The van der Waals surface area contributed by atoms with Gasteiger partial charge in [-0.1, -0.05) is 11.3 Å². The molecule has 1 N–H and O–H groups in total. The number of amides is 1. The van der Waals surface area contributed by atoms with Crippen LogP contribution in [0.15, 0.2) is 0 Å². The summed E-state index contributed by atoms with van der Waals surface area (Å²) in [5.74, 6) is -0.0174. The van der Waals surface area contributed by atoms with Crippen LogP contribution in [0, 0.1) is 0 Å². The van der Waals surface area contributed by atoms with Gasteiger partial charge in [0.2, 0.25) is 10.1 Å². The van der Waals surface area contributed by atoms with Crippen LogP contribution in [0.5, 0.6) is 0 Å². The average Bonchev–Trinajstić information content (AvgIpc) is 2.87. The highest BCUT2D eigenvalue weighted by Crippen LogP contribution is 2.20. The topological polar surface area (TPSA) is 61.4 Å². The number of rotatable bonds is 4. The number of hydrogen-bond acceptors (Lipinski definition) is 6. The minimum absolute atomic E-state index is 0.0174. The van der Waals surface area contributed by atoms with E-state index >= 15 is 0 Å². The molecule has 1 amide bonds. The summed E-state index contributed by atoms with van der Waals surface area (Å²) in [6.45, 7) is 4.86. The predicted octanol–water partition coefficient (Wildman–Crippen LogP) is 1.14. The van der Waals surface area contributed by atoms with Gasteiger partial charge in [0.15, 0.2) is 0 Å². The summed E-state index contributed by atoms with van der Waals surface area (Å²) in [5, 5.41) is 12.2. The molecule has 7 heteroatoms. The molecule has 0 saturated carbocycles. The van der Waals surface area contributed by atoms with Gasteiger partial charge in [-0.25, -0.2) is 0 Å². The molecule has 6 nitrogen and oxygen atoms in total. The van der Waals surface area contributed by atoms with E-state index in [2.05, 4.69) is 27.5 Å². The van der Waals surface area contributed by atoms with Crippen molar-refractivity contribution in [3.05, 3.63) is 5.01 Å². The minimum atomic E-state index is -0.0174. The predicted molar refractivity (Wildman–Crippen MR) is 76.7 cm³/mol. The van der Waals surface area contributed by atoms with Crippen molar-refractivity contribution in [3.8, 4) is 0 Å². The molecule has 106 valence electrons. The summed E-state index contributed by atoms with van der Waals surface area (Å²) < 4.78 is 0. The summed E-state index contributed by atoms with van der Waals surface area (Å²) >= 11 is 1.32.